The van der Waals surface area contributed by atoms with Crippen molar-refractivity contribution in [2.45, 2.75) is 58.0 Å². The average molecular weight is 267 g/mol. The van der Waals surface area contributed by atoms with Crippen molar-refractivity contribution in [3.63, 3.8) is 0 Å². The molecule has 112 valence electrons. The van der Waals surface area contributed by atoms with Gasteiger partial charge in [-0.25, -0.2) is 0 Å². The Balaban J connectivity index is 1.70. The lowest BCUT2D eigenvalue weighted by atomic mass is 9.92. The highest BCUT2D eigenvalue weighted by molar-refractivity contribution is 4.85. The zero-order chi connectivity index (χ0) is 13.7. The summed E-state index contributed by atoms with van der Waals surface area (Å²) in [7, 11) is 2.25. The van der Waals surface area contributed by atoms with Gasteiger partial charge in [0.15, 0.2) is 0 Å². The molecule has 0 bridgehead atoms. The lowest BCUT2D eigenvalue weighted by molar-refractivity contribution is 0.0942. The van der Waals surface area contributed by atoms with Gasteiger partial charge in [-0.15, -0.1) is 0 Å². The Labute approximate surface area is 119 Å². The van der Waals surface area contributed by atoms with E-state index in [1.54, 1.807) is 0 Å². The minimum absolute atomic E-state index is 0.766. The molecule has 19 heavy (non-hydrogen) atoms. The van der Waals surface area contributed by atoms with Crippen LogP contribution in [0.3, 0.4) is 0 Å². The molecule has 2 fully saturated rings. The van der Waals surface area contributed by atoms with E-state index in [-0.39, 0.29) is 0 Å². The first-order valence-electron chi connectivity index (χ1n) is 8.35. The van der Waals surface area contributed by atoms with Crippen LogP contribution in [-0.4, -0.2) is 61.7 Å². The molecule has 2 rings (SSSR count). The van der Waals surface area contributed by atoms with E-state index in [0.717, 1.165) is 18.0 Å². The predicted molar refractivity (Wildman–Crippen MR) is 82.6 cm³/mol. The lowest BCUT2D eigenvalue weighted by Crippen LogP contribution is -2.49. The Morgan fingerprint density at radius 3 is 2.47 bits per heavy atom. The Bertz CT molecular complexity index is 248. The third kappa shape index (κ3) is 4.73. The molecule has 0 saturated carbocycles. The molecular weight excluding hydrogens is 234 g/mol. The van der Waals surface area contributed by atoms with Crippen molar-refractivity contribution in [1.29, 1.82) is 0 Å². The molecule has 0 aromatic rings. The fraction of sp³-hybridized carbons (Fsp3) is 1.00. The van der Waals surface area contributed by atoms with Gasteiger partial charge in [-0.1, -0.05) is 6.92 Å². The molecule has 0 aromatic heterocycles. The van der Waals surface area contributed by atoms with Crippen LogP contribution in [0.25, 0.3) is 0 Å². The summed E-state index contributed by atoms with van der Waals surface area (Å²) in [6.07, 6.45) is 6.74. The maximum absolute atomic E-state index is 3.70. The Kier molecular flexibility index (Phi) is 6.11. The van der Waals surface area contributed by atoms with E-state index in [0.29, 0.717) is 0 Å². The van der Waals surface area contributed by atoms with Gasteiger partial charge in [-0.05, 0) is 78.2 Å². The normalized spacial score (nSPS) is 31.7. The van der Waals surface area contributed by atoms with Gasteiger partial charge in [-0.2, -0.15) is 0 Å². The molecule has 3 nitrogen and oxygen atoms in total. The number of nitrogens with zero attached hydrogens (tertiary/aromatic N) is 2. The van der Waals surface area contributed by atoms with Crippen LogP contribution in [0.4, 0.5) is 0 Å². The van der Waals surface area contributed by atoms with Gasteiger partial charge in [0.2, 0.25) is 0 Å². The highest BCUT2D eigenvalue weighted by Crippen LogP contribution is 2.23. The first-order chi connectivity index (χ1) is 9.19. The second-order valence-corrected chi connectivity index (χ2v) is 6.77. The number of piperidine rings is 2. The molecule has 0 radical (unpaired) electrons. The summed E-state index contributed by atoms with van der Waals surface area (Å²) in [5.41, 5.74) is 0. The van der Waals surface area contributed by atoms with E-state index in [2.05, 4.69) is 36.0 Å². The van der Waals surface area contributed by atoms with Crippen molar-refractivity contribution in [3.8, 4) is 0 Å². The predicted octanol–water partition coefficient (Wildman–Crippen LogP) is 2.18. The second-order valence-electron chi connectivity index (χ2n) is 6.77. The molecular formula is C16H33N3. The van der Waals surface area contributed by atoms with Crippen LogP contribution >= 0.6 is 0 Å². The van der Waals surface area contributed by atoms with E-state index in [9.17, 15) is 0 Å². The van der Waals surface area contributed by atoms with E-state index < -0.39 is 0 Å². The third-order valence-corrected chi connectivity index (χ3v) is 5.03. The first kappa shape index (κ1) is 15.3. The fourth-order valence-electron chi connectivity index (χ4n) is 3.60. The number of nitrogens with one attached hydrogen (secondary N) is 1. The topological polar surface area (TPSA) is 18.5 Å². The van der Waals surface area contributed by atoms with Crippen molar-refractivity contribution in [2.75, 3.05) is 39.8 Å². The molecule has 0 aromatic carbocycles. The zero-order valence-electron chi connectivity index (χ0n) is 13.2. The SMILES string of the molecule is CCCNC1CCN(CC2CCN(C)CC2)C(C)C1. The van der Waals surface area contributed by atoms with E-state index in [4.69, 9.17) is 0 Å². The largest absolute Gasteiger partial charge is 0.314 e. The second kappa shape index (κ2) is 7.61. The molecule has 0 spiro atoms. The summed E-state index contributed by atoms with van der Waals surface area (Å²) in [4.78, 5) is 5.22. The molecule has 2 aliphatic rings. The minimum atomic E-state index is 0.766. The fourth-order valence-corrected chi connectivity index (χ4v) is 3.60. The Morgan fingerprint density at radius 2 is 1.84 bits per heavy atom. The van der Waals surface area contributed by atoms with Crippen molar-refractivity contribution in [1.82, 2.24) is 15.1 Å². The maximum atomic E-state index is 3.70. The summed E-state index contributed by atoms with van der Waals surface area (Å²) >= 11 is 0. The van der Waals surface area contributed by atoms with Gasteiger partial charge in [-0.3, -0.25) is 0 Å². The summed E-state index contributed by atoms with van der Waals surface area (Å²) in [5, 5.41) is 3.70. The van der Waals surface area contributed by atoms with Gasteiger partial charge in [0, 0.05) is 18.6 Å². The lowest BCUT2D eigenvalue weighted by Gasteiger charge is -2.41. The summed E-state index contributed by atoms with van der Waals surface area (Å²) in [6, 6.07) is 1.53. The monoisotopic (exact) mass is 267 g/mol. The molecule has 2 atom stereocenters. The first-order valence-corrected chi connectivity index (χ1v) is 8.35. The number of hydrogen-bond acceptors (Lipinski definition) is 3. The third-order valence-electron chi connectivity index (χ3n) is 5.03. The number of hydrogen-bond donors (Lipinski definition) is 1. The van der Waals surface area contributed by atoms with Crippen LogP contribution < -0.4 is 5.32 Å². The van der Waals surface area contributed by atoms with Crippen LogP contribution in [0.1, 0.15) is 46.0 Å². The molecule has 3 heteroatoms. The Hall–Kier alpha value is -0.120. The van der Waals surface area contributed by atoms with E-state index in [1.165, 1.54) is 64.8 Å². The number of rotatable bonds is 5. The molecule has 2 heterocycles. The molecule has 2 saturated heterocycles. The molecule has 2 unspecified atom stereocenters. The van der Waals surface area contributed by atoms with Gasteiger partial charge >= 0.3 is 0 Å². The molecule has 0 amide bonds. The number of likely N-dealkylation sites (tertiary alicyclic amines) is 2. The van der Waals surface area contributed by atoms with Crippen molar-refractivity contribution in [2.24, 2.45) is 5.92 Å². The molecule has 2 aliphatic heterocycles. The summed E-state index contributed by atoms with van der Waals surface area (Å²) < 4.78 is 0. The highest BCUT2D eigenvalue weighted by atomic mass is 15.2. The van der Waals surface area contributed by atoms with E-state index >= 15 is 0 Å². The van der Waals surface area contributed by atoms with Gasteiger partial charge in [0.25, 0.3) is 0 Å². The smallest absolute Gasteiger partial charge is 0.00940 e. The van der Waals surface area contributed by atoms with Crippen LogP contribution in [0.15, 0.2) is 0 Å². The zero-order valence-corrected chi connectivity index (χ0v) is 13.2. The van der Waals surface area contributed by atoms with Gasteiger partial charge in [0.1, 0.15) is 0 Å². The van der Waals surface area contributed by atoms with Gasteiger partial charge in [0.05, 0.1) is 0 Å². The van der Waals surface area contributed by atoms with E-state index in [1.807, 2.05) is 0 Å². The molecule has 0 aliphatic carbocycles. The maximum Gasteiger partial charge on any atom is 0.00940 e. The average Bonchev–Trinajstić information content (AvgIpc) is 2.41. The van der Waals surface area contributed by atoms with Crippen LogP contribution in [0, 0.1) is 5.92 Å². The van der Waals surface area contributed by atoms with Crippen LogP contribution in [0.2, 0.25) is 0 Å². The summed E-state index contributed by atoms with van der Waals surface area (Å²) in [5.74, 6) is 0.943. The van der Waals surface area contributed by atoms with Gasteiger partial charge < -0.3 is 15.1 Å². The quantitative estimate of drug-likeness (QED) is 0.824. The van der Waals surface area contributed by atoms with Crippen molar-refractivity contribution >= 4 is 0 Å². The van der Waals surface area contributed by atoms with Crippen molar-refractivity contribution < 1.29 is 0 Å². The standard InChI is InChI=1S/C16H33N3/c1-4-8-17-16-7-11-19(14(2)12-16)13-15-5-9-18(3)10-6-15/h14-17H,4-13H2,1-3H3. The molecule has 1 N–H and O–H groups in total. The Morgan fingerprint density at radius 1 is 1.11 bits per heavy atom. The minimum Gasteiger partial charge on any atom is -0.314 e. The highest BCUT2D eigenvalue weighted by Gasteiger charge is 2.27. The van der Waals surface area contributed by atoms with Crippen LogP contribution in [0.5, 0.6) is 0 Å². The van der Waals surface area contributed by atoms with Crippen molar-refractivity contribution in [3.05, 3.63) is 0 Å². The summed E-state index contributed by atoms with van der Waals surface area (Å²) in [6.45, 7) is 11.1. The van der Waals surface area contributed by atoms with Crippen LogP contribution in [-0.2, 0) is 0 Å².